The lowest BCUT2D eigenvalue weighted by Gasteiger charge is -1.91. The Hall–Kier alpha value is -2.19. The van der Waals surface area contributed by atoms with E-state index in [2.05, 4.69) is 9.53 Å². The highest BCUT2D eigenvalue weighted by Gasteiger charge is 2.18. The first-order chi connectivity index (χ1) is 7.77. The van der Waals surface area contributed by atoms with Crippen LogP contribution in [0.2, 0.25) is 0 Å². The summed E-state index contributed by atoms with van der Waals surface area (Å²) in [5, 5.41) is 0. The average Bonchev–Trinajstić information content (AvgIpc) is 2.35. The van der Waals surface area contributed by atoms with Crippen LogP contribution in [-0.4, -0.2) is 23.6 Å². The Morgan fingerprint density at radius 3 is 2.69 bits per heavy atom. The van der Waals surface area contributed by atoms with Gasteiger partial charge in [-0.2, -0.15) is 4.79 Å². The monoisotopic (exact) mass is 216 g/mol. The number of benzene rings is 1. The molecule has 4 nitrogen and oxygen atoms in total. The number of carbonyl (C=O) groups is 1. The van der Waals surface area contributed by atoms with Gasteiger partial charge in [0.05, 0.1) is 13.5 Å². The van der Waals surface area contributed by atoms with Crippen LogP contribution < -0.4 is 0 Å². The summed E-state index contributed by atoms with van der Waals surface area (Å²) >= 11 is 0. The van der Waals surface area contributed by atoms with Crippen LogP contribution in [0.4, 0.5) is 0 Å². The van der Waals surface area contributed by atoms with Crippen LogP contribution in [0.15, 0.2) is 36.4 Å². The van der Waals surface area contributed by atoms with Crippen molar-refractivity contribution in [2.45, 2.75) is 6.42 Å². The molecule has 0 unspecified atom stereocenters. The van der Waals surface area contributed by atoms with Gasteiger partial charge in [0.1, 0.15) is 0 Å². The average molecular weight is 216 g/mol. The molecule has 0 saturated heterocycles. The number of rotatable bonds is 4. The van der Waals surface area contributed by atoms with Crippen molar-refractivity contribution in [3.63, 3.8) is 0 Å². The van der Waals surface area contributed by atoms with Gasteiger partial charge in [0.25, 0.3) is 0 Å². The minimum absolute atomic E-state index is 0.0188. The molecule has 1 aromatic carbocycles. The van der Waals surface area contributed by atoms with Gasteiger partial charge in [-0.05, 0) is 5.56 Å². The van der Waals surface area contributed by atoms with Crippen LogP contribution in [0.3, 0.4) is 0 Å². The Morgan fingerprint density at radius 1 is 1.44 bits per heavy atom. The topological polar surface area (TPSA) is 62.7 Å². The SMILES string of the molecule is COC(=O)C(C/C=C/c1ccccc1)=[N+]=[N-]. The number of esters is 1. The van der Waals surface area contributed by atoms with Gasteiger partial charge in [-0.25, -0.2) is 4.79 Å². The van der Waals surface area contributed by atoms with Crippen LogP contribution in [0.25, 0.3) is 11.6 Å². The largest absolute Gasteiger partial charge is 0.460 e. The van der Waals surface area contributed by atoms with Gasteiger partial charge in [0.2, 0.25) is 0 Å². The summed E-state index contributed by atoms with van der Waals surface area (Å²) in [6.45, 7) is 0. The van der Waals surface area contributed by atoms with Crippen molar-refractivity contribution < 1.29 is 14.3 Å². The van der Waals surface area contributed by atoms with Gasteiger partial charge in [0.15, 0.2) is 0 Å². The Labute approximate surface area is 93.8 Å². The third-order valence-corrected chi connectivity index (χ3v) is 1.96. The number of hydrogen-bond acceptors (Lipinski definition) is 2. The summed E-state index contributed by atoms with van der Waals surface area (Å²) in [4.78, 5) is 13.9. The fraction of sp³-hybridized carbons (Fsp3) is 0.167. The molecule has 0 radical (unpaired) electrons. The van der Waals surface area contributed by atoms with E-state index in [1.807, 2.05) is 36.4 Å². The van der Waals surface area contributed by atoms with Gasteiger partial charge >= 0.3 is 11.7 Å². The van der Waals surface area contributed by atoms with E-state index in [0.717, 1.165) is 5.56 Å². The fourth-order valence-electron chi connectivity index (χ4n) is 1.15. The predicted octanol–water partition coefficient (Wildman–Crippen LogP) is 1.93. The first-order valence-electron chi connectivity index (χ1n) is 4.78. The summed E-state index contributed by atoms with van der Waals surface area (Å²) in [6, 6.07) is 9.63. The molecular weight excluding hydrogens is 204 g/mol. The van der Waals surface area contributed by atoms with Crippen molar-refractivity contribution in [2.75, 3.05) is 7.11 Å². The molecule has 0 aliphatic carbocycles. The van der Waals surface area contributed by atoms with Crippen LogP contribution in [0, 0.1) is 0 Å². The summed E-state index contributed by atoms with van der Waals surface area (Å²) < 4.78 is 4.44. The van der Waals surface area contributed by atoms with E-state index < -0.39 is 5.97 Å². The highest BCUT2D eigenvalue weighted by Crippen LogP contribution is 2.02. The van der Waals surface area contributed by atoms with Crippen molar-refractivity contribution in [1.82, 2.24) is 0 Å². The van der Waals surface area contributed by atoms with E-state index in [1.165, 1.54) is 7.11 Å². The number of ether oxygens (including phenoxy) is 1. The number of methoxy groups -OCH3 is 1. The second-order valence-corrected chi connectivity index (χ2v) is 3.06. The summed E-state index contributed by atoms with van der Waals surface area (Å²) in [6.07, 6.45) is 3.81. The van der Waals surface area contributed by atoms with Crippen LogP contribution in [0.5, 0.6) is 0 Å². The minimum atomic E-state index is -0.625. The van der Waals surface area contributed by atoms with Crippen molar-refractivity contribution in [1.29, 1.82) is 0 Å². The molecular formula is C12H12N2O2. The zero-order valence-corrected chi connectivity index (χ0v) is 8.96. The minimum Gasteiger partial charge on any atom is -0.460 e. The zero-order chi connectivity index (χ0) is 11.8. The standard InChI is InChI=1S/C12H12N2O2/c1-16-12(15)11(14-13)9-5-8-10-6-3-2-4-7-10/h2-8H,9H2,1H3/b8-5+. The van der Waals surface area contributed by atoms with E-state index in [1.54, 1.807) is 6.08 Å². The quantitative estimate of drug-likeness (QED) is 0.334. The van der Waals surface area contributed by atoms with Crippen LogP contribution in [-0.2, 0) is 9.53 Å². The molecule has 0 aromatic heterocycles. The highest BCUT2D eigenvalue weighted by atomic mass is 16.5. The molecule has 82 valence electrons. The maximum absolute atomic E-state index is 11.0. The van der Waals surface area contributed by atoms with Crippen molar-refractivity contribution in [2.24, 2.45) is 0 Å². The van der Waals surface area contributed by atoms with Crippen molar-refractivity contribution in [3.8, 4) is 0 Å². The normalized spacial score (nSPS) is 9.81. The summed E-state index contributed by atoms with van der Waals surface area (Å²) in [5.41, 5.74) is 9.58. The predicted molar refractivity (Wildman–Crippen MR) is 60.7 cm³/mol. The number of allylic oxidation sites excluding steroid dienone is 1. The molecule has 0 spiro atoms. The third kappa shape index (κ3) is 3.52. The Balaban J connectivity index is 2.61. The molecule has 1 aromatic rings. The Kier molecular flexibility index (Phi) is 4.70. The molecule has 1 rings (SSSR count). The van der Waals surface area contributed by atoms with Crippen LogP contribution in [0.1, 0.15) is 12.0 Å². The zero-order valence-electron chi connectivity index (χ0n) is 8.96. The summed E-state index contributed by atoms with van der Waals surface area (Å²) in [7, 11) is 1.24. The van der Waals surface area contributed by atoms with Crippen LogP contribution >= 0.6 is 0 Å². The van der Waals surface area contributed by atoms with Crippen molar-refractivity contribution in [3.05, 3.63) is 47.5 Å². The lowest BCUT2D eigenvalue weighted by molar-refractivity contribution is -0.137. The number of carbonyl (C=O) groups excluding carboxylic acids is 1. The van der Waals surface area contributed by atoms with E-state index in [-0.39, 0.29) is 12.1 Å². The maximum Gasteiger partial charge on any atom is 0.416 e. The smallest absolute Gasteiger partial charge is 0.416 e. The molecule has 0 bridgehead atoms. The Bertz CT molecular complexity index is 432. The van der Waals surface area contributed by atoms with Gasteiger partial charge in [0, 0.05) is 0 Å². The molecule has 0 N–H and O–H groups in total. The molecule has 0 aliphatic rings. The first-order valence-corrected chi connectivity index (χ1v) is 4.78. The first kappa shape index (κ1) is 11.9. The molecule has 0 heterocycles. The van der Waals surface area contributed by atoms with E-state index in [0.29, 0.717) is 0 Å². The van der Waals surface area contributed by atoms with Crippen molar-refractivity contribution >= 4 is 17.8 Å². The van der Waals surface area contributed by atoms with Gasteiger partial charge in [-0.3, -0.25) is 0 Å². The second-order valence-electron chi connectivity index (χ2n) is 3.06. The molecule has 0 saturated carbocycles. The lowest BCUT2D eigenvalue weighted by Crippen LogP contribution is -2.15. The molecule has 0 amide bonds. The van der Waals surface area contributed by atoms with E-state index >= 15 is 0 Å². The van der Waals surface area contributed by atoms with E-state index in [4.69, 9.17) is 5.53 Å². The molecule has 0 atom stereocenters. The van der Waals surface area contributed by atoms with Gasteiger partial charge in [-0.1, -0.05) is 42.5 Å². The maximum atomic E-state index is 11.0. The number of nitrogens with zero attached hydrogens (tertiary/aromatic N) is 2. The molecule has 0 fully saturated rings. The van der Waals surface area contributed by atoms with E-state index in [9.17, 15) is 4.79 Å². The highest BCUT2D eigenvalue weighted by molar-refractivity contribution is 6.34. The third-order valence-electron chi connectivity index (χ3n) is 1.96. The number of hydrogen-bond donors (Lipinski definition) is 0. The second kappa shape index (κ2) is 6.32. The molecule has 0 aliphatic heterocycles. The lowest BCUT2D eigenvalue weighted by atomic mass is 10.2. The fourth-order valence-corrected chi connectivity index (χ4v) is 1.15. The van der Waals surface area contributed by atoms with Gasteiger partial charge < -0.3 is 10.3 Å². The molecule has 16 heavy (non-hydrogen) atoms. The summed E-state index contributed by atoms with van der Waals surface area (Å²) in [5.74, 6) is -0.625. The molecule has 4 heteroatoms. The Morgan fingerprint density at radius 2 is 2.12 bits per heavy atom. The van der Waals surface area contributed by atoms with Gasteiger partial charge in [-0.15, -0.1) is 0 Å².